The Morgan fingerprint density at radius 2 is 1.90 bits per heavy atom. The minimum atomic E-state index is -0.859. The van der Waals surface area contributed by atoms with Crippen molar-refractivity contribution in [2.45, 2.75) is 18.9 Å². The van der Waals surface area contributed by atoms with Gasteiger partial charge in [0.05, 0.1) is 0 Å². The molecule has 3 rings (SSSR count). The Morgan fingerprint density at radius 1 is 1.20 bits per heavy atom. The fraction of sp³-hybridized carbons (Fsp3) is 0.500. The first-order chi connectivity index (χ1) is 9.72. The molecule has 108 valence electrons. The highest BCUT2D eigenvalue weighted by atomic mass is 16.6. The van der Waals surface area contributed by atoms with Crippen LogP contribution in [0.3, 0.4) is 0 Å². The third-order valence-electron chi connectivity index (χ3n) is 3.53. The molecule has 0 saturated carbocycles. The second-order valence-electron chi connectivity index (χ2n) is 4.89. The van der Waals surface area contributed by atoms with Gasteiger partial charge in [0.2, 0.25) is 0 Å². The number of fused-ring (bicyclic) bond motifs is 1. The number of carboxylic acid groups (broad SMARTS) is 1. The third kappa shape index (κ3) is 2.74. The molecule has 1 aromatic rings. The van der Waals surface area contributed by atoms with Crippen molar-refractivity contribution in [1.29, 1.82) is 0 Å². The van der Waals surface area contributed by atoms with E-state index in [9.17, 15) is 4.79 Å². The summed E-state index contributed by atoms with van der Waals surface area (Å²) < 4.78 is 16.9. The van der Waals surface area contributed by atoms with Crippen molar-refractivity contribution in [3.63, 3.8) is 0 Å². The Kier molecular flexibility index (Phi) is 3.54. The zero-order valence-corrected chi connectivity index (χ0v) is 11.1. The Balaban J connectivity index is 1.60. The molecule has 0 bridgehead atoms. The molecule has 1 amide bonds. The number of piperidine rings is 1. The average Bonchev–Trinajstić information content (AvgIpc) is 2.48. The van der Waals surface area contributed by atoms with E-state index >= 15 is 0 Å². The highest BCUT2D eigenvalue weighted by Gasteiger charge is 2.23. The van der Waals surface area contributed by atoms with Crippen LogP contribution in [0, 0.1) is 0 Å². The van der Waals surface area contributed by atoms with Crippen molar-refractivity contribution in [3.05, 3.63) is 18.2 Å². The van der Waals surface area contributed by atoms with Crippen LogP contribution < -0.4 is 14.2 Å². The molecule has 6 heteroatoms. The molecule has 2 aliphatic heterocycles. The van der Waals surface area contributed by atoms with E-state index in [4.69, 9.17) is 19.3 Å². The lowest BCUT2D eigenvalue weighted by Gasteiger charge is -2.30. The zero-order valence-electron chi connectivity index (χ0n) is 11.1. The van der Waals surface area contributed by atoms with Crippen LogP contribution in [0.1, 0.15) is 12.8 Å². The lowest BCUT2D eigenvalue weighted by molar-refractivity contribution is 0.0889. The van der Waals surface area contributed by atoms with Crippen molar-refractivity contribution in [2.75, 3.05) is 26.3 Å². The van der Waals surface area contributed by atoms with Crippen LogP contribution in [0.25, 0.3) is 0 Å². The van der Waals surface area contributed by atoms with Gasteiger partial charge in [-0.1, -0.05) is 0 Å². The van der Waals surface area contributed by atoms with Gasteiger partial charge in [-0.2, -0.15) is 0 Å². The zero-order chi connectivity index (χ0) is 13.9. The molecular formula is C14H17NO5. The van der Waals surface area contributed by atoms with Gasteiger partial charge in [-0.05, 0) is 12.1 Å². The summed E-state index contributed by atoms with van der Waals surface area (Å²) >= 11 is 0. The summed E-state index contributed by atoms with van der Waals surface area (Å²) in [6.07, 6.45) is 0.609. The lowest BCUT2D eigenvalue weighted by atomic mass is 10.1. The van der Waals surface area contributed by atoms with E-state index in [-0.39, 0.29) is 6.10 Å². The van der Waals surface area contributed by atoms with E-state index in [0.717, 1.165) is 11.5 Å². The predicted molar refractivity (Wildman–Crippen MR) is 70.7 cm³/mol. The SMILES string of the molecule is O=C(O)N1CCC(Oc2ccc3c(c2)OCCO3)CC1. The first-order valence-electron chi connectivity index (χ1n) is 6.76. The third-order valence-corrected chi connectivity index (χ3v) is 3.53. The number of rotatable bonds is 2. The molecule has 1 N–H and O–H groups in total. The molecular weight excluding hydrogens is 262 g/mol. The molecule has 2 aliphatic rings. The highest BCUT2D eigenvalue weighted by Crippen LogP contribution is 2.34. The van der Waals surface area contributed by atoms with Gasteiger partial charge in [-0.3, -0.25) is 0 Å². The van der Waals surface area contributed by atoms with Crippen LogP contribution in [-0.2, 0) is 0 Å². The van der Waals surface area contributed by atoms with Crippen molar-refractivity contribution in [1.82, 2.24) is 4.90 Å². The van der Waals surface area contributed by atoms with Crippen molar-refractivity contribution >= 4 is 6.09 Å². The molecule has 0 radical (unpaired) electrons. The molecule has 1 fully saturated rings. The van der Waals surface area contributed by atoms with Gasteiger partial charge in [-0.15, -0.1) is 0 Å². The van der Waals surface area contributed by atoms with Gasteiger partial charge < -0.3 is 24.2 Å². The van der Waals surface area contributed by atoms with E-state index in [0.29, 0.717) is 44.9 Å². The van der Waals surface area contributed by atoms with Crippen LogP contribution in [0.5, 0.6) is 17.2 Å². The van der Waals surface area contributed by atoms with Gasteiger partial charge >= 0.3 is 6.09 Å². The van der Waals surface area contributed by atoms with Crippen LogP contribution in [0.15, 0.2) is 18.2 Å². The minimum absolute atomic E-state index is 0.0492. The summed E-state index contributed by atoms with van der Waals surface area (Å²) in [5.41, 5.74) is 0. The summed E-state index contributed by atoms with van der Waals surface area (Å²) in [4.78, 5) is 12.3. The Morgan fingerprint density at radius 3 is 2.60 bits per heavy atom. The fourth-order valence-corrected chi connectivity index (χ4v) is 2.45. The average molecular weight is 279 g/mol. The van der Waals surface area contributed by atoms with Crippen LogP contribution in [0.2, 0.25) is 0 Å². The van der Waals surface area contributed by atoms with Gasteiger partial charge in [0, 0.05) is 32.0 Å². The van der Waals surface area contributed by atoms with Crippen molar-refractivity contribution in [3.8, 4) is 17.2 Å². The van der Waals surface area contributed by atoms with Gasteiger partial charge in [0.15, 0.2) is 11.5 Å². The van der Waals surface area contributed by atoms with Crippen molar-refractivity contribution in [2.24, 2.45) is 0 Å². The maximum atomic E-state index is 10.8. The van der Waals surface area contributed by atoms with E-state index in [1.807, 2.05) is 18.2 Å². The standard InChI is InChI=1S/C14H17NO5/c16-14(17)15-5-3-10(4-6-15)20-11-1-2-12-13(9-11)19-8-7-18-12/h1-2,9-10H,3-8H2,(H,16,17). The van der Waals surface area contributed by atoms with E-state index in [1.54, 1.807) is 0 Å². The first-order valence-corrected chi connectivity index (χ1v) is 6.76. The van der Waals surface area contributed by atoms with E-state index in [2.05, 4.69) is 0 Å². The summed E-state index contributed by atoms with van der Waals surface area (Å²) in [6, 6.07) is 5.53. The highest BCUT2D eigenvalue weighted by molar-refractivity contribution is 5.65. The first kappa shape index (κ1) is 12.9. The number of hydrogen-bond donors (Lipinski definition) is 1. The fourth-order valence-electron chi connectivity index (χ4n) is 2.45. The Bertz CT molecular complexity index is 496. The summed E-state index contributed by atoms with van der Waals surface area (Å²) in [6.45, 7) is 2.16. The molecule has 0 aliphatic carbocycles. The van der Waals surface area contributed by atoms with E-state index < -0.39 is 6.09 Å². The number of amides is 1. The summed E-state index contributed by atoms with van der Waals surface area (Å²) in [7, 11) is 0. The number of carbonyl (C=O) groups is 1. The second kappa shape index (κ2) is 5.48. The Labute approximate surface area is 116 Å². The second-order valence-corrected chi connectivity index (χ2v) is 4.89. The van der Waals surface area contributed by atoms with E-state index in [1.165, 1.54) is 4.90 Å². The molecule has 0 aromatic heterocycles. The molecule has 0 atom stereocenters. The molecule has 0 unspecified atom stereocenters. The lowest BCUT2D eigenvalue weighted by Crippen LogP contribution is -2.41. The number of nitrogens with zero attached hydrogens (tertiary/aromatic N) is 1. The molecule has 0 spiro atoms. The smallest absolute Gasteiger partial charge is 0.407 e. The van der Waals surface area contributed by atoms with Crippen molar-refractivity contribution < 1.29 is 24.1 Å². The summed E-state index contributed by atoms with van der Waals surface area (Å²) in [5, 5.41) is 8.90. The number of hydrogen-bond acceptors (Lipinski definition) is 4. The monoisotopic (exact) mass is 279 g/mol. The van der Waals surface area contributed by atoms with Gasteiger partial charge in [-0.25, -0.2) is 4.79 Å². The number of ether oxygens (including phenoxy) is 3. The molecule has 1 aromatic carbocycles. The number of likely N-dealkylation sites (tertiary alicyclic amines) is 1. The maximum absolute atomic E-state index is 10.8. The van der Waals surface area contributed by atoms with Crippen LogP contribution >= 0.6 is 0 Å². The van der Waals surface area contributed by atoms with Crippen LogP contribution in [-0.4, -0.2) is 48.5 Å². The van der Waals surface area contributed by atoms with Crippen LogP contribution in [0.4, 0.5) is 4.79 Å². The quantitative estimate of drug-likeness (QED) is 0.896. The number of benzene rings is 1. The normalized spacial score (nSPS) is 18.7. The predicted octanol–water partition coefficient (Wildman–Crippen LogP) is 1.98. The molecule has 1 saturated heterocycles. The topological polar surface area (TPSA) is 68.2 Å². The Hall–Kier alpha value is -2.11. The molecule has 20 heavy (non-hydrogen) atoms. The molecule has 2 heterocycles. The minimum Gasteiger partial charge on any atom is -0.490 e. The van der Waals surface area contributed by atoms with Gasteiger partial charge in [0.1, 0.15) is 25.1 Å². The largest absolute Gasteiger partial charge is 0.490 e. The molecule has 6 nitrogen and oxygen atoms in total. The summed E-state index contributed by atoms with van der Waals surface area (Å²) in [5.74, 6) is 2.18. The van der Waals surface area contributed by atoms with Gasteiger partial charge in [0.25, 0.3) is 0 Å². The maximum Gasteiger partial charge on any atom is 0.407 e.